The van der Waals surface area contributed by atoms with Gasteiger partial charge in [-0.3, -0.25) is 0 Å². The molecule has 0 unspecified atom stereocenters. The van der Waals surface area contributed by atoms with Gasteiger partial charge in [0.1, 0.15) is 7.05 Å². The highest BCUT2D eigenvalue weighted by molar-refractivity contribution is 7.99. The van der Waals surface area contributed by atoms with E-state index in [-0.39, 0.29) is 5.41 Å². The van der Waals surface area contributed by atoms with Gasteiger partial charge in [-0.15, -0.1) is 0 Å². The molecule has 0 amide bonds. The first kappa shape index (κ1) is 19.8. The molecule has 1 aliphatic rings. The SMILES string of the molecule is Cc1c2c(cc3ccccc13)Sc1cc3c(CC(C)(C)C)cccc3c3cc[n+](C)c-2c13. The second-order valence-electron chi connectivity index (χ2n) is 10.4. The van der Waals surface area contributed by atoms with Crippen LogP contribution in [0.25, 0.3) is 43.6 Å². The minimum Gasteiger partial charge on any atom is -0.200 e. The summed E-state index contributed by atoms with van der Waals surface area (Å²) in [6.07, 6.45) is 3.32. The van der Waals surface area contributed by atoms with E-state index < -0.39 is 0 Å². The lowest BCUT2D eigenvalue weighted by atomic mass is 9.85. The maximum absolute atomic E-state index is 2.46. The predicted molar refractivity (Wildman–Crippen MR) is 138 cm³/mol. The van der Waals surface area contributed by atoms with E-state index in [1.807, 2.05) is 11.8 Å². The summed E-state index contributed by atoms with van der Waals surface area (Å²) in [6.45, 7) is 9.27. The fraction of sp³-hybridized carbons (Fsp3) is 0.233. The van der Waals surface area contributed by atoms with E-state index in [0.29, 0.717) is 0 Å². The van der Waals surface area contributed by atoms with Crippen molar-refractivity contribution in [2.24, 2.45) is 12.5 Å². The number of rotatable bonds is 1. The zero-order valence-corrected chi connectivity index (χ0v) is 20.2. The Morgan fingerprint density at radius 2 is 1.59 bits per heavy atom. The number of fused-ring (bicyclic) bond motifs is 5. The Balaban J connectivity index is 1.75. The fourth-order valence-electron chi connectivity index (χ4n) is 5.44. The number of pyridine rings is 1. The largest absolute Gasteiger partial charge is 0.222 e. The van der Waals surface area contributed by atoms with E-state index in [4.69, 9.17) is 0 Å². The highest BCUT2D eigenvalue weighted by Gasteiger charge is 2.30. The highest BCUT2D eigenvalue weighted by Crippen LogP contribution is 2.51. The van der Waals surface area contributed by atoms with E-state index in [1.54, 1.807) is 0 Å². The zero-order valence-electron chi connectivity index (χ0n) is 19.4. The van der Waals surface area contributed by atoms with Gasteiger partial charge < -0.3 is 0 Å². The maximum Gasteiger partial charge on any atom is 0.222 e. The van der Waals surface area contributed by atoms with Crippen LogP contribution in [-0.2, 0) is 13.5 Å². The number of hydrogen-bond acceptors (Lipinski definition) is 1. The molecule has 0 radical (unpaired) electrons. The molecule has 4 aromatic carbocycles. The summed E-state index contributed by atoms with van der Waals surface area (Å²) in [5.41, 5.74) is 5.81. The minimum atomic E-state index is 0.254. The molecular weight excluding hydrogens is 406 g/mol. The average Bonchev–Trinajstić information content (AvgIpc) is 2.75. The normalized spacial score (nSPS) is 13.2. The number of aromatic nitrogens is 1. The van der Waals surface area contributed by atoms with Crippen LogP contribution in [0.15, 0.2) is 76.7 Å². The van der Waals surface area contributed by atoms with Crippen LogP contribution in [0.1, 0.15) is 31.9 Å². The van der Waals surface area contributed by atoms with Gasteiger partial charge in [0.15, 0.2) is 6.20 Å². The molecule has 6 rings (SSSR count). The number of nitrogens with zero attached hydrogens (tertiary/aromatic N) is 1. The van der Waals surface area contributed by atoms with Gasteiger partial charge >= 0.3 is 0 Å². The Kier molecular flexibility index (Phi) is 4.23. The molecule has 1 aromatic heterocycles. The van der Waals surface area contributed by atoms with Crippen LogP contribution in [0.5, 0.6) is 0 Å². The summed E-state index contributed by atoms with van der Waals surface area (Å²) in [5, 5.41) is 8.20. The van der Waals surface area contributed by atoms with Crippen LogP contribution >= 0.6 is 11.8 Å². The van der Waals surface area contributed by atoms with Crippen molar-refractivity contribution in [1.82, 2.24) is 0 Å². The number of benzene rings is 4. The lowest BCUT2D eigenvalue weighted by Gasteiger charge is -2.23. The second-order valence-corrected chi connectivity index (χ2v) is 11.5. The molecule has 0 saturated heterocycles. The van der Waals surface area contributed by atoms with Crippen LogP contribution in [0, 0.1) is 12.3 Å². The van der Waals surface area contributed by atoms with Gasteiger partial charge in [-0.25, -0.2) is 4.57 Å². The standard InChI is InChI=1S/C30H28NS/c1-18-21-11-7-6-9-19(21)15-25-27(18)29-28-23(13-14-31(29)5)22-12-8-10-20(17-30(2,3)4)24(22)16-26(28)32-25/h6-16H,17H2,1-5H3/q+1. The van der Waals surface area contributed by atoms with Crippen LogP contribution in [0.4, 0.5) is 0 Å². The molecule has 0 saturated carbocycles. The van der Waals surface area contributed by atoms with Crippen molar-refractivity contribution >= 4 is 44.1 Å². The van der Waals surface area contributed by atoms with Gasteiger partial charge in [-0.05, 0) is 63.6 Å². The smallest absolute Gasteiger partial charge is 0.200 e. The maximum atomic E-state index is 2.46. The zero-order chi connectivity index (χ0) is 22.2. The van der Waals surface area contributed by atoms with Crippen molar-refractivity contribution in [2.75, 3.05) is 0 Å². The first-order chi connectivity index (χ1) is 15.3. The van der Waals surface area contributed by atoms with Crippen LogP contribution in [0.3, 0.4) is 0 Å². The molecule has 0 bridgehead atoms. The van der Waals surface area contributed by atoms with Crippen LogP contribution < -0.4 is 4.57 Å². The first-order valence-electron chi connectivity index (χ1n) is 11.4. The Hall–Kier alpha value is -2.84. The van der Waals surface area contributed by atoms with E-state index in [0.717, 1.165) is 6.42 Å². The second kappa shape index (κ2) is 6.83. The van der Waals surface area contributed by atoms with Crippen molar-refractivity contribution in [1.29, 1.82) is 0 Å². The molecule has 0 aliphatic carbocycles. The number of hydrogen-bond donors (Lipinski definition) is 0. The monoisotopic (exact) mass is 434 g/mol. The van der Waals surface area contributed by atoms with Gasteiger partial charge in [0.05, 0.1) is 10.9 Å². The summed E-state index contributed by atoms with van der Waals surface area (Å²) in [4.78, 5) is 2.74. The Morgan fingerprint density at radius 3 is 2.41 bits per heavy atom. The molecule has 1 nitrogen and oxygen atoms in total. The van der Waals surface area contributed by atoms with Crippen molar-refractivity contribution in [3.63, 3.8) is 0 Å². The molecule has 0 N–H and O–H groups in total. The highest BCUT2D eigenvalue weighted by atomic mass is 32.2. The molecular formula is C30H28NS+. The van der Waals surface area contributed by atoms with Crippen molar-refractivity contribution < 1.29 is 4.57 Å². The molecule has 158 valence electrons. The summed E-state index contributed by atoms with van der Waals surface area (Å²) in [7, 11) is 2.19. The Bertz CT molecular complexity index is 1570. The lowest BCUT2D eigenvalue weighted by Crippen LogP contribution is -2.31. The van der Waals surface area contributed by atoms with E-state index >= 15 is 0 Å². The molecule has 2 heteroatoms. The number of aryl methyl sites for hydroxylation is 2. The summed E-state index contributed by atoms with van der Waals surface area (Å²) >= 11 is 1.94. The molecule has 0 fully saturated rings. The molecule has 2 heterocycles. The molecule has 1 aliphatic heterocycles. The minimum absolute atomic E-state index is 0.254. The van der Waals surface area contributed by atoms with Gasteiger partial charge in [0, 0.05) is 21.2 Å². The first-order valence-corrected chi connectivity index (χ1v) is 12.2. The molecule has 0 atom stereocenters. The van der Waals surface area contributed by atoms with Crippen molar-refractivity contribution in [3.8, 4) is 11.3 Å². The van der Waals surface area contributed by atoms with E-state index in [2.05, 4.69) is 106 Å². The molecule has 32 heavy (non-hydrogen) atoms. The topological polar surface area (TPSA) is 3.88 Å². The van der Waals surface area contributed by atoms with Crippen LogP contribution in [-0.4, -0.2) is 0 Å². The van der Waals surface area contributed by atoms with Crippen molar-refractivity contribution in [2.45, 2.75) is 43.9 Å². The van der Waals surface area contributed by atoms with Gasteiger partial charge in [-0.2, -0.15) is 0 Å². The van der Waals surface area contributed by atoms with Crippen molar-refractivity contribution in [3.05, 3.63) is 78.0 Å². The van der Waals surface area contributed by atoms with E-state index in [9.17, 15) is 0 Å². The third-order valence-corrected chi connectivity index (χ3v) is 7.87. The summed E-state index contributed by atoms with van der Waals surface area (Å²) < 4.78 is 2.32. The van der Waals surface area contributed by atoms with Gasteiger partial charge in [0.25, 0.3) is 0 Å². The van der Waals surface area contributed by atoms with Gasteiger partial charge in [-0.1, -0.05) is 75.0 Å². The van der Waals surface area contributed by atoms with Gasteiger partial charge in [0.2, 0.25) is 5.69 Å². The summed E-state index contributed by atoms with van der Waals surface area (Å²) in [5.74, 6) is 0. The van der Waals surface area contributed by atoms with E-state index in [1.165, 1.54) is 64.5 Å². The average molecular weight is 435 g/mol. The third-order valence-electron chi connectivity index (χ3n) is 6.78. The fourth-order valence-corrected chi connectivity index (χ4v) is 6.70. The van der Waals surface area contributed by atoms with Crippen LogP contribution in [0.2, 0.25) is 0 Å². The quantitative estimate of drug-likeness (QED) is 0.187. The third kappa shape index (κ3) is 2.89. The Morgan fingerprint density at radius 1 is 0.812 bits per heavy atom. The summed E-state index contributed by atoms with van der Waals surface area (Å²) in [6, 6.07) is 22.8. The molecule has 5 aromatic rings. The Labute approximate surface area is 194 Å². The molecule has 0 spiro atoms. The lowest BCUT2D eigenvalue weighted by molar-refractivity contribution is -0.659. The predicted octanol–water partition coefficient (Wildman–Crippen LogP) is 8.00.